The van der Waals surface area contributed by atoms with E-state index in [1.807, 2.05) is 18.2 Å². The maximum Gasteiger partial charge on any atom is 0.217 e. The van der Waals surface area contributed by atoms with Crippen LogP contribution >= 0.6 is 0 Å². The molecule has 0 unspecified atom stereocenters. The molecule has 4 rings (SSSR count). The van der Waals surface area contributed by atoms with E-state index in [1.165, 1.54) is 62.1 Å². The van der Waals surface area contributed by atoms with Crippen LogP contribution in [0.3, 0.4) is 0 Å². The average Bonchev–Trinajstić information content (AvgIpc) is 3.21. The van der Waals surface area contributed by atoms with Crippen molar-refractivity contribution < 1.29 is 4.39 Å². The number of hydrogen-bond donors (Lipinski definition) is 2. The van der Waals surface area contributed by atoms with Crippen molar-refractivity contribution in [1.29, 1.82) is 0 Å². The second kappa shape index (κ2) is 11.4. The monoisotopic (exact) mass is 422 g/mol. The van der Waals surface area contributed by atoms with E-state index in [9.17, 15) is 4.39 Å². The maximum atomic E-state index is 14.2. The first-order valence-electron chi connectivity index (χ1n) is 11.9. The number of para-hydroxylation sites is 1. The van der Waals surface area contributed by atoms with Gasteiger partial charge >= 0.3 is 0 Å². The van der Waals surface area contributed by atoms with Gasteiger partial charge in [-0.2, -0.15) is 4.39 Å². The highest BCUT2D eigenvalue weighted by molar-refractivity contribution is 5.82. The molecule has 166 valence electrons. The molecule has 2 aromatic heterocycles. The Kier molecular flexibility index (Phi) is 8.08. The zero-order chi connectivity index (χ0) is 21.3. The Morgan fingerprint density at radius 1 is 0.968 bits per heavy atom. The van der Waals surface area contributed by atoms with Gasteiger partial charge in [-0.3, -0.25) is 4.90 Å². The summed E-state index contributed by atoms with van der Waals surface area (Å²) < 4.78 is 14.2. The summed E-state index contributed by atoms with van der Waals surface area (Å²) in [5, 5.41) is 4.98. The van der Waals surface area contributed by atoms with E-state index in [4.69, 9.17) is 0 Å². The normalized spacial score (nSPS) is 15.2. The predicted molar refractivity (Wildman–Crippen MR) is 125 cm³/mol. The van der Waals surface area contributed by atoms with E-state index < -0.39 is 0 Å². The van der Waals surface area contributed by atoms with Gasteiger partial charge in [-0.25, -0.2) is 4.98 Å². The molecule has 0 bridgehead atoms. The highest BCUT2D eigenvalue weighted by Gasteiger charge is 2.14. The molecule has 0 atom stereocenters. The Morgan fingerprint density at radius 2 is 1.81 bits per heavy atom. The Balaban J connectivity index is 1.31. The zero-order valence-corrected chi connectivity index (χ0v) is 18.5. The van der Waals surface area contributed by atoms with Crippen LogP contribution < -0.4 is 5.32 Å². The summed E-state index contributed by atoms with van der Waals surface area (Å²) in [5.41, 5.74) is 3.08. The Bertz CT molecular complexity index is 932. The number of fused-ring (bicyclic) bond motifs is 1. The summed E-state index contributed by atoms with van der Waals surface area (Å²) in [4.78, 5) is 9.55. The van der Waals surface area contributed by atoms with E-state index in [0.29, 0.717) is 12.1 Å². The van der Waals surface area contributed by atoms with E-state index in [2.05, 4.69) is 44.6 Å². The van der Waals surface area contributed by atoms with Crippen LogP contribution in [0.5, 0.6) is 0 Å². The molecule has 0 radical (unpaired) electrons. The van der Waals surface area contributed by atoms with Crippen LogP contribution in [0.1, 0.15) is 62.5 Å². The van der Waals surface area contributed by atoms with Crippen LogP contribution in [0.4, 0.5) is 4.39 Å². The van der Waals surface area contributed by atoms with Crippen molar-refractivity contribution in [3.8, 4) is 0 Å². The lowest BCUT2D eigenvalue weighted by molar-refractivity contribution is 0.246. The van der Waals surface area contributed by atoms with Crippen LogP contribution in [0.2, 0.25) is 0 Å². The Morgan fingerprint density at radius 3 is 2.68 bits per heavy atom. The number of halogens is 1. The first-order chi connectivity index (χ1) is 15.3. The summed E-state index contributed by atoms with van der Waals surface area (Å²) in [5.74, 6) is -0.358. The molecule has 2 heterocycles. The summed E-state index contributed by atoms with van der Waals surface area (Å²) in [6.45, 7) is 3.46. The van der Waals surface area contributed by atoms with Crippen molar-refractivity contribution in [3.05, 3.63) is 65.9 Å². The summed E-state index contributed by atoms with van der Waals surface area (Å²) in [7, 11) is 0. The fourth-order valence-corrected chi connectivity index (χ4v) is 4.75. The molecule has 1 saturated carbocycles. The smallest absolute Gasteiger partial charge is 0.217 e. The largest absolute Gasteiger partial charge is 0.361 e. The third-order valence-electron chi connectivity index (χ3n) is 6.49. The van der Waals surface area contributed by atoms with Gasteiger partial charge < -0.3 is 10.3 Å². The van der Waals surface area contributed by atoms with Crippen molar-refractivity contribution in [2.24, 2.45) is 0 Å². The first kappa shape index (κ1) is 22.0. The van der Waals surface area contributed by atoms with Crippen LogP contribution in [-0.4, -0.2) is 34.0 Å². The number of H-pyrrole nitrogens is 1. The number of aromatic amines is 1. The molecule has 4 nitrogen and oxygen atoms in total. The molecule has 0 spiro atoms. The van der Waals surface area contributed by atoms with Crippen LogP contribution in [-0.2, 0) is 13.1 Å². The third kappa shape index (κ3) is 6.37. The molecule has 1 aliphatic rings. The molecule has 31 heavy (non-hydrogen) atoms. The van der Waals surface area contributed by atoms with Gasteiger partial charge in [0.1, 0.15) is 0 Å². The molecular weight excluding hydrogens is 387 g/mol. The lowest BCUT2D eigenvalue weighted by Gasteiger charge is -2.23. The number of aromatic nitrogens is 2. The molecule has 1 fully saturated rings. The predicted octanol–water partition coefficient (Wildman–Crippen LogP) is 5.80. The van der Waals surface area contributed by atoms with Crippen molar-refractivity contribution in [3.63, 3.8) is 0 Å². The molecule has 0 aliphatic heterocycles. The van der Waals surface area contributed by atoms with Crippen LogP contribution in [0.25, 0.3) is 10.9 Å². The topological polar surface area (TPSA) is 44.0 Å². The molecular formula is C26H35FN4. The van der Waals surface area contributed by atoms with Gasteiger partial charge in [-0.15, -0.1) is 0 Å². The van der Waals surface area contributed by atoms with Gasteiger partial charge in [0.25, 0.3) is 0 Å². The molecule has 5 heteroatoms. The van der Waals surface area contributed by atoms with E-state index >= 15 is 0 Å². The number of hydrogen-bond acceptors (Lipinski definition) is 3. The highest BCUT2D eigenvalue weighted by Crippen LogP contribution is 2.21. The van der Waals surface area contributed by atoms with E-state index in [1.54, 1.807) is 0 Å². The second-order valence-corrected chi connectivity index (χ2v) is 8.87. The number of nitrogens with zero attached hydrogens (tertiary/aromatic N) is 2. The summed E-state index contributed by atoms with van der Waals surface area (Å²) >= 11 is 0. The van der Waals surface area contributed by atoms with E-state index in [0.717, 1.165) is 37.6 Å². The SMILES string of the molecule is Fc1ncccc1CN(CCCCCNC1CCCCC1)Cc1c[nH]c2ccccc12. The number of nitrogens with one attached hydrogen (secondary N) is 2. The van der Waals surface area contributed by atoms with Gasteiger partial charge in [0.2, 0.25) is 5.95 Å². The Labute approximate surface area is 185 Å². The number of benzene rings is 1. The molecule has 0 saturated heterocycles. The number of rotatable bonds is 11. The maximum absolute atomic E-state index is 14.2. The first-order valence-corrected chi connectivity index (χ1v) is 11.9. The minimum absolute atomic E-state index is 0.358. The van der Waals surface area contributed by atoms with Crippen LogP contribution in [0.15, 0.2) is 48.8 Å². The molecule has 1 aromatic carbocycles. The van der Waals surface area contributed by atoms with Gasteiger partial charge in [0, 0.05) is 48.0 Å². The van der Waals surface area contributed by atoms with Crippen molar-refractivity contribution in [1.82, 2.24) is 20.2 Å². The van der Waals surface area contributed by atoms with Crippen LogP contribution in [0, 0.1) is 5.95 Å². The molecule has 1 aliphatic carbocycles. The van der Waals surface area contributed by atoms with Gasteiger partial charge in [0.15, 0.2) is 0 Å². The summed E-state index contributed by atoms with van der Waals surface area (Å²) in [6.07, 6.45) is 14.0. The Hall–Kier alpha value is -2.24. The fourth-order valence-electron chi connectivity index (χ4n) is 4.75. The van der Waals surface area contributed by atoms with E-state index in [-0.39, 0.29) is 5.95 Å². The average molecular weight is 423 g/mol. The zero-order valence-electron chi connectivity index (χ0n) is 18.5. The van der Waals surface area contributed by atoms with Crippen molar-refractivity contribution in [2.45, 2.75) is 70.5 Å². The fraction of sp³-hybridized carbons (Fsp3) is 0.500. The highest BCUT2D eigenvalue weighted by atomic mass is 19.1. The summed E-state index contributed by atoms with van der Waals surface area (Å²) in [6, 6.07) is 12.8. The molecule has 2 N–H and O–H groups in total. The minimum atomic E-state index is -0.358. The number of pyridine rings is 1. The number of unbranched alkanes of at least 4 members (excludes halogenated alkanes) is 2. The van der Waals surface area contributed by atoms with Crippen molar-refractivity contribution in [2.75, 3.05) is 13.1 Å². The van der Waals surface area contributed by atoms with Gasteiger partial charge in [-0.05, 0) is 56.5 Å². The second-order valence-electron chi connectivity index (χ2n) is 8.87. The van der Waals surface area contributed by atoms with Crippen molar-refractivity contribution >= 4 is 10.9 Å². The lowest BCUT2D eigenvalue weighted by Crippen LogP contribution is -2.31. The van der Waals surface area contributed by atoms with Gasteiger partial charge in [0.05, 0.1) is 0 Å². The molecule has 3 aromatic rings. The van der Waals surface area contributed by atoms with Gasteiger partial charge in [-0.1, -0.05) is 49.9 Å². The standard InChI is InChI=1S/C26H35FN4/c27-26-21(10-9-16-29-26)19-31(20-22-18-30-25-14-6-5-13-24(22)25)17-8-2-7-15-28-23-11-3-1-4-12-23/h5-6,9-10,13-14,16,18,23,28,30H,1-4,7-8,11-12,15,17,19-20H2. The lowest BCUT2D eigenvalue weighted by atomic mass is 9.95. The molecule has 0 amide bonds. The minimum Gasteiger partial charge on any atom is -0.361 e. The third-order valence-corrected chi connectivity index (χ3v) is 6.49. The quantitative estimate of drug-likeness (QED) is 0.303.